The van der Waals surface area contributed by atoms with Gasteiger partial charge in [0.05, 0.1) is 23.1 Å². The molecule has 1 aliphatic carbocycles. The van der Waals surface area contributed by atoms with Crippen molar-refractivity contribution in [1.82, 2.24) is 4.72 Å². The number of para-hydroxylation sites is 2. The predicted octanol–water partition coefficient (Wildman–Crippen LogP) is 4.45. The monoisotopic (exact) mass is 468 g/mol. The smallest absolute Gasteiger partial charge is 0.240 e. The third-order valence-electron chi connectivity index (χ3n) is 6.51. The average molecular weight is 469 g/mol. The molecule has 7 heteroatoms. The second kappa shape index (κ2) is 8.52. The van der Waals surface area contributed by atoms with Gasteiger partial charge in [0.25, 0.3) is 0 Å². The molecule has 2 aliphatic rings. The maximum atomic E-state index is 12.9. The Balaban J connectivity index is 1.46. The number of anilines is 2. The maximum Gasteiger partial charge on any atom is 0.240 e. The van der Waals surface area contributed by atoms with Crippen molar-refractivity contribution in [2.45, 2.75) is 48.8 Å². The van der Waals surface area contributed by atoms with Crippen molar-refractivity contribution in [3.05, 3.63) is 88.9 Å². The van der Waals surface area contributed by atoms with Crippen molar-refractivity contribution >= 4 is 33.0 Å². The highest BCUT2D eigenvalue weighted by Gasteiger charge is 2.42. The van der Waals surface area contributed by atoms with Gasteiger partial charge < -0.3 is 10.0 Å². The zero-order valence-corrected chi connectivity index (χ0v) is 19.1. The van der Waals surface area contributed by atoms with E-state index in [1.54, 1.807) is 12.1 Å². The van der Waals surface area contributed by atoms with E-state index in [-0.39, 0.29) is 10.9 Å². The number of sulfonamides is 1. The molecule has 32 heavy (non-hydrogen) atoms. The van der Waals surface area contributed by atoms with E-state index in [0.717, 1.165) is 24.2 Å². The number of nitrogens with one attached hydrogen (secondary N) is 1. The molecule has 1 fully saturated rings. The van der Waals surface area contributed by atoms with Crippen molar-refractivity contribution in [2.75, 3.05) is 4.90 Å². The lowest BCUT2D eigenvalue weighted by molar-refractivity contribution is 0.142. The van der Waals surface area contributed by atoms with Crippen LogP contribution in [-0.4, -0.2) is 31.7 Å². The van der Waals surface area contributed by atoms with Crippen LogP contribution in [0.1, 0.15) is 24.0 Å². The first kappa shape index (κ1) is 21.5. The highest BCUT2D eigenvalue weighted by Crippen LogP contribution is 2.41. The largest absolute Gasteiger partial charge is 0.389 e. The van der Waals surface area contributed by atoms with Crippen LogP contribution in [0, 0.1) is 0 Å². The lowest BCUT2D eigenvalue weighted by atomic mass is 10.0. The quantitative estimate of drug-likeness (QED) is 0.593. The van der Waals surface area contributed by atoms with E-state index < -0.39 is 22.2 Å². The molecule has 3 aromatic carbocycles. The van der Waals surface area contributed by atoms with Gasteiger partial charge in [0.2, 0.25) is 10.0 Å². The number of aliphatic hydroxyl groups excluding tert-OH is 1. The molecule has 0 bridgehead atoms. The zero-order valence-electron chi connectivity index (χ0n) is 17.5. The highest BCUT2D eigenvalue weighted by atomic mass is 35.5. The molecule has 0 amide bonds. The van der Waals surface area contributed by atoms with Crippen molar-refractivity contribution in [1.29, 1.82) is 0 Å². The van der Waals surface area contributed by atoms with Crippen LogP contribution in [0.2, 0.25) is 5.02 Å². The fourth-order valence-electron chi connectivity index (χ4n) is 4.92. The molecule has 1 heterocycles. The molecular weight excluding hydrogens is 444 g/mol. The van der Waals surface area contributed by atoms with E-state index in [2.05, 4.69) is 33.9 Å². The Bertz CT molecular complexity index is 1180. The molecular formula is C25H25ClN2O3S. The SMILES string of the molecule is O=S(=O)(N[C@@H]1CC[C@H](N2c3ccccc3CCc3ccccc32)[C@H]1O)c1ccc(Cl)cc1. The third-order valence-corrected chi connectivity index (χ3v) is 8.27. The first-order chi connectivity index (χ1) is 15.4. The number of rotatable bonds is 4. The summed E-state index contributed by atoms with van der Waals surface area (Å²) in [5, 5.41) is 11.8. The van der Waals surface area contributed by atoms with Crippen LogP contribution in [0.5, 0.6) is 0 Å². The number of benzene rings is 3. The second-order valence-electron chi connectivity index (χ2n) is 8.44. The van der Waals surface area contributed by atoms with Crippen LogP contribution >= 0.6 is 11.6 Å². The molecule has 1 saturated carbocycles. The van der Waals surface area contributed by atoms with Gasteiger partial charge in [-0.3, -0.25) is 0 Å². The van der Waals surface area contributed by atoms with E-state index >= 15 is 0 Å². The number of fused-ring (bicyclic) bond motifs is 2. The molecule has 0 saturated heterocycles. The van der Waals surface area contributed by atoms with Gasteiger partial charge in [0.15, 0.2) is 0 Å². The Labute approximate surface area is 193 Å². The standard InChI is InChI=1S/C25H25ClN2O3S/c26-19-11-13-20(14-12-19)32(30,31)27-21-15-16-24(25(21)29)28-22-7-3-1-5-17(22)9-10-18-6-2-4-8-23(18)28/h1-8,11-14,21,24-25,27,29H,9-10,15-16H2/t21-,24+,25+/m1/s1. The molecule has 0 radical (unpaired) electrons. The fourth-order valence-corrected chi connectivity index (χ4v) is 6.33. The highest BCUT2D eigenvalue weighted by molar-refractivity contribution is 7.89. The number of nitrogens with zero attached hydrogens (tertiary/aromatic N) is 1. The van der Waals surface area contributed by atoms with Crippen molar-refractivity contribution in [3.63, 3.8) is 0 Å². The Morgan fingerprint density at radius 1 is 0.844 bits per heavy atom. The molecule has 0 unspecified atom stereocenters. The van der Waals surface area contributed by atoms with Crippen LogP contribution in [0.3, 0.4) is 0 Å². The summed E-state index contributed by atoms with van der Waals surface area (Å²) in [4.78, 5) is 2.36. The summed E-state index contributed by atoms with van der Waals surface area (Å²) in [5.41, 5.74) is 4.65. The van der Waals surface area contributed by atoms with E-state index in [9.17, 15) is 13.5 Å². The number of aryl methyl sites for hydroxylation is 2. The van der Waals surface area contributed by atoms with Crippen LogP contribution < -0.4 is 9.62 Å². The molecule has 1 aliphatic heterocycles. The minimum Gasteiger partial charge on any atom is -0.389 e. The zero-order chi connectivity index (χ0) is 22.3. The lowest BCUT2D eigenvalue weighted by Gasteiger charge is -2.35. The Hall–Kier alpha value is -2.38. The normalized spacial score (nSPS) is 22.8. The van der Waals surface area contributed by atoms with Gasteiger partial charge in [-0.25, -0.2) is 13.1 Å². The molecule has 0 aromatic heterocycles. The maximum absolute atomic E-state index is 12.9. The molecule has 5 nitrogen and oxygen atoms in total. The van der Waals surface area contributed by atoms with E-state index in [4.69, 9.17) is 11.6 Å². The van der Waals surface area contributed by atoms with Crippen molar-refractivity contribution in [2.24, 2.45) is 0 Å². The molecule has 5 rings (SSSR count). The number of halogens is 1. The lowest BCUT2D eigenvalue weighted by Crippen LogP contribution is -2.47. The van der Waals surface area contributed by atoms with E-state index in [1.165, 1.54) is 23.3 Å². The molecule has 3 atom stereocenters. The minimum atomic E-state index is -3.76. The minimum absolute atomic E-state index is 0.142. The second-order valence-corrected chi connectivity index (χ2v) is 10.6. The van der Waals surface area contributed by atoms with E-state index in [1.807, 2.05) is 24.3 Å². The van der Waals surface area contributed by atoms with Gasteiger partial charge in [-0.05, 0) is 73.2 Å². The summed E-state index contributed by atoms with van der Waals surface area (Å²) in [6.45, 7) is 0. The van der Waals surface area contributed by atoms with Gasteiger partial charge in [-0.2, -0.15) is 0 Å². The summed E-state index contributed by atoms with van der Waals surface area (Å²) in [6, 6.07) is 21.8. The predicted molar refractivity (Wildman–Crippen MR) is 127 cm³/mol. The average Bonchev–Trinajstić information content (AvgIpc) is 3.04. The van der Waals surface area contributed by atoms with E-state index in [0.29, 0.717) is 17.9 Å². The Kier molecular flexibility index (Phi) is 5.72. The Morgan fingerprint density at radius 3 is 2.00 bits per heavy atom. The molecule has 0 spiro atoms. The summed E-state index contributed by atoms with van der Waals surface area (Å²) < 4.78 is 28.5. The van der Waals surface area contributed by atoms with Crippen molar-refractivity contribution in [3.8, 4) is 0 Å². The van der Waals surface area contributed by atoms with Gasteiger partial charge >= 0.3 is 0 Å². The van der Waals surface area contributed by atoms with Gasteiger partial charge in [-0.15, -0.1) is 0 Å². The molecule has 3 aromatic rings. The van der Waals surface area contributed by atoms with Gasteiger partial charge in [0.1, 0.15) is 0 Å². The van der Waals surface area contributed by atoms with Crippen LogP contribution in [0.4, 0.5) is 11.4 Å². The first-order valence-electron chi connectivity index (χ1n) is 10.8. The molecule has 2 N–H and O–H groups in total. The topological polar surface area (TPSA) is 69.6 Å². The summed E-state index contributed by atoms with van der Waals surface area (Å²) >= 11 is 5.90. The summed E-state index contributed by atoms with van der Waals surface area (Å²) in [7, 11) is -3.76. The number of aliphatic hydroxyl groups is 1. The fraction of sp³-hybridized carbons (Fsp3) is 0.280. The Morgan fingerprint density at radius 2 is 1.41 bits per heavy atom. The number of hydrogen-bond donors (Lipinski definition) is 2. The number of hydrogen-bond acceptors (Lipinski definition) is 4. The van der Waals surface area contributed by atoms with Gasteiger partial charge in [-0.1, -0.05) is 48.0 Å². The van der Waals surface area contributed by atoms with Crippen molar-refractivity contribution < 1.29 is 13.5 Å². The van der Waals surface area contributed by atoms with Gasteiger partial charge in [0, 0.05) is 16.4 Å². The first-order valence-corrected chi connectivity index (χ1v) is 12.7. The third kappa shape index (κ3) is 3.92. The molecule has 166 valence electrons. The van der Waals surface area contributed by atoms with Crippen LogP contribution in [0.25, 0.3) is 0 Å². The van der Waals surface area contributed by atoms with Crippen LogP contribution in [0.15, 0.2) is 77.7 Å². The van der Waals surface area contributed by atoms with Crippen LogP contribution in [-0.2, 0) is 22.9 Å². The summed E-state index contributed by atoms with van der Waals surface area (Å²) in [6.07, 6.45) is 2.24. The summed E-state index contributed by atoms with van der Waals surface area (Å²) in [5.74, 6) is 0.